The zero-order valence-corrected chi connectivity index (χ0v) is 13.9. The van der Waals surface area contributed by atoms with E-state index in [0.29, 0.717) is 23.7 Å². The van der Waals surface area contributed by atoms with Crippen molar-refractivity contribution in [2.45, 2.75) is 26.8 Å². The van der Waals surface area contributed by atoms with Crippen LogP contribution in [0.4, 0.5) is 0 Å². The molecular weight excluding hydrogens is 294 g/mol. The van der Waals surface area contributed by atoms with Crippen LogP contribution < -0.4 is 9.47 Å². The molecule has 5 nitrogen and oxygen atoms in total. The maximum Gasteiger partial charge on any atom is 0.340 e. The van der Waals surface area contributed by atoms with Gasteiger partial charge in [-0.3, -0.25) is 0 Å². The molecule has 1 aliphatic rings. The molecule has 0 atom stereocenters. The van der Waals surface area contributed by atoms with Crippen LogP contribution in [0.1, 0.15) is 28.5 Å². The molecule has 0 unspecified atom stereocenters. The van der Waals surface area contributed by atoms with Crippen LogP contribution in [-0.2, 0) is 17.7 Å². The molecule has 3 rings (SSSR count). The van der Waals surface area contributed by atoms with E-state index in [2.05, 4.69) is 4.57 Å². The lowest BCUT2D eigenvalue weighted by molar-refractivity contribution is 0.0527. The number of ether oxygens (including phenoxy) is 3. The largest absolute Gasteiger partial charge is 0.493 e. The number of aromatic nitrogens is 1. The number of methoxy groups -OCH3 is 2. The van der Waals surface area contributed by atoms with Gasteiger partial charge >= 0.3 is 5.97 Å². The molecule has 23 heavy (non-hydrogen) atoms. The molecule has 0 saturated heterocycles. The zero-order valence-electron chi connectivity index (χ0n) is 13.9. The summed E-state index contributed by atoms with van der Waals surface area (Å²) in [7, 11) is 3.24. The Kier molecular flexibility index (Phi) is 4.03. The van der Waals surface area contributed by atoms with Crippen molar-refractivity contribution in [1.82, 2.24) is 4.57 Å². The molecule has 0 radical (unpaired) electrons. The van der Waals surface area contributed by atoms with Gasteiger partial charge in [-0.2, -0.15) is 0 Å². The van der Waals surface area contributed by atoms with E-state index in [1.54, 1.807) is 14.2 Å². The predicted molar refractivity (Wildman–Crippen MR) is 87.4 cm³/mol. The number of carbonyl (C=O) groups is 1. The Morgan fingerprint density at radius 3 is 2.52 bits per heavy atom. The van der Waals surface area contributed by atoms with Crippen molar-refractivity contribution >= 4 is 5.97 Å². The number of hydrogen-bond acceptors (Lipinski definition) is 4. The number of rotatable bonds is 4. The number of nitrogens with zero attached hydrogens (tertiary/aromatic N) is 1. The fourth-order valence-electron chi connectivity index (χ4n) is 3.20. The van der Waals surface area contributed by atoms with E-state index in [1.165, 1.54) is 0 Å². The Bertz CT molecular complexity index is 761. The molecule has 2 aromatic rings. The zero-order chi connectivity index (χ0) is 16.6. The average molecular weight is 315 g/mol. The van der Waals surface area contributed by atoms with Crippen molar-refractivity contribution in [3.8, 4) is 22.8 Å². The number of benzene rings is 1. The second kappa shape index (κ2) is 5.99. The van der Waals surface area contributed by atoms with Gasteiger partial charge in [0.05, 0.1) is 32.1 Å². The van der Waals surface area contributed by atoms with E-state index in [-0.39, 0.29) is 5.97 Å². The van der Waals surface area contributed by atoms with Crippen molar-refractivity contribution in [2.75, 3.05) is 20.8 Å². The van der Waals surface area contributed by atoms with Crippen LogP contribution in [0, 0.1) is 6.92 Å². The first-order valence-corrected chi connectivity index (χ1v) is 7.73. The third kappa shape index (κ3) is 2.46. The minimum Gasteiger partial charge on any atom is -0.493 e. The second-order valence-corrected chi connectivity index (χ2v) is 5.53. The molecule has 1 aromatic carbocycles. The van der Waals surface area contributed by atoms with Gasteiger partial charge in [-0.05, 0) is 44.0 Å². The van der Waals surface area contributed by atoms with Gasteiger partial charge in [0.25, 0.3) is 0 Å². The van der Waals surface area contributed by atoms with Gasteiger partial charge in [0.2, 0.25) is 0 Å². The fraction of sp³-hybridized carbons (Fsp3) is 0.389. The van der Waals surface area contributed by atoms with Gasteiger partial charge in [0.15, 0.2) is 11.5 Å². The minimum atomic E-state index is -0.285. The molecule has 1 aromatic heterocycles. The standard InChI is InChI=1S/C18H21NO4/c1-5-23-18(20)14-8-11(2)19-7-6-12-9-15(21-3)16(22-4)10-13(12)17(14)19/h8-10H,5-7H2,1-4H3. The van der Waals surface area contributed by atoms with Crippen molar-refractivity contribution in [2.24, 2.45) is 0 Å². The van der Waals surface area contributed by atoms with Gasteiger partial charge in [-0.1, -0.05) is 0 Å². The van der Waals surface area contributed by atoms with Crippen molar-refractivity contribution in [3.63, 3.8) is 0 Å². The lowest BCUT2D eigenvalue weighted by Crippen LogP contribution is -2.14. The summed E-state index contributed by atoms with van der Waals surface area (Å²) in [5.74, 6) is 1.08. The third-order valence-corrected chi connectivity index (χ3v) is 4.27. The van der Waals surface area contributed by atoms with E-state index >= 15 is 0 Å². The highest BCUT2D eigenvalue weighted by Crippen LogP contribution is 2.41. The summed E-state index contributed by atoms with van der Waals surface area (Å²) in [6.07, 6.45) is 0.889. The van der Waals surface area contributed by atoms with Crippen LogP contribution in [0.5, 0.6) is 11.5 Å². The second-order valence-electron chi connectivity index (χ2n) is 5.53. The first-order chi connectivity index (χ1) is 11.1. The highest BCUT2D eigenvalue weighted by Gasteiger charge is 2.27. The van der Waals surface area contributed by atoms with Crippen LogP contribution >= 0.6 is 0 Å². The van der Waals surface area contributed by atoms with E-state index in [4.69, 9.17) is 14.2 Å². The lowest BCUT2D eigenvalue weighted by Gasteiger charge is -2.23. The van der Waals surface area contributed by atoms with E-state index in [9.17, 15) is 4.79 Å². The molecule has 5 heteroatoms. The molecule has 1 aliphatic heterocycles. The SMILES string of the molecule is CCOC(=O)c1cc(C)n2c1-c1cc(OC)c(OC)cc1CC2. The summed E-state index contributed by atoms with van der Waals surface area (Å²) in [5.41, 5.74) is 4.73. The van der Waals surface area contributed by atoms with Crippen LogP contribution in [-0.4, -0.2) is 31.4 Å². The summed E-state index contributed by atoms with van der Waals surface area (Å²) in [4.78, 5) is 12.3. The molecule has 0 aliphatic carbocycles. The van der Waals surface area contributed by atoms with E-state index in [1.807, 2.05) is 32.0 Å². The van der Waals surface area contributed by atoms with Crippen LogP contribution in [0.2, 0.25) is 0 Å². The summed E-state index contributed by atoms with van der Waals surface area (Å²) < 4.78 is 18.2. The molecular formula is C18H21NO4. The highest BCUT2D eigenvalue weighted by molar-refractivity contribution is 5.98. The number of esters is 1. The van der Waals surface area contributed by atoms with Gasteiger partial charge < -0.3 is 18.8 Å². The molecule has 0 bridgehead atoms. The number of carbonyl (C=O) groups excluding carboxylic acids is 1. The predicted octanol–water partition coefficient (Wildman–Crippen LogP) is 3.21. The molecule has 0 spiro atoms. The Balaban J connectivity index is 2.21. The van der Waals surface area contributed by atoms with Gasteiger partial charge in [0.1, 0.15) is 0 Å². The monoisotopic (exact) mass is 315 g/mol. The van der Waals surface area contributed by atoms with Crippen LogP contribution in [0.25, 0.3) is 11.3 Å². The Labute approximate surface area is 135 Å². The molecule has 2 heterocycles. The van der Waals surface area contributed by atoms with Crippen LogP contribution in [0.15, 0.2) is 18.2 Å². The topological polar surface area (TPSA) is 49.7 Å². The Morgan fingerprint density at radius 2 is 1.87 bits per heavy atom. The highest BCUT2D eigenvalue weighted by atomic mass is 16.5. The quantitative estimate of drug-likeness (QED) is 0.813. The molecule has 0 fully saturated rings. The van der Waals surface area contributed by atoms with Gasteiger partial charge in [-0.25, -0.2) is 4.79 Å². The lowest BCUT2D eigenvalue weighted by atomic mass is 9.95. The fourth-order valence-corrected chi connectivity index (χ4v) is 3.20. The number of fused-ring (bicyclic) bond motifs is 3. The average Bonchev–Trinajstić information content (AvgIpc) is 2.91. The molecule has 0 amide bonds. The van der Waals surface area contributed by atoms with Crippen molar-refractivity contribution in [3.05, 3.63) is 35.0 Å². The van der Waals surface area contributed by atoms with Gasteiger partial charge in [-0.15, -0.1) is 0 Å². The Hall–Kier alpha value is -2.43. The van der Waals surface area contributed by atoms with E-state index < -0.39 is 0 Å². The molecule has 0 N–H and O–H groups in total. The van der Waals surface area contributed by atoms with Gasteiger partial charge in [0, 0.05) is 17.8 Å². The van der Waals surface area contributed by atoms with Crippen LogP contribution in [0.3, 0.4) is 0 Å². The maximum atomic E-state index is 12.3. The third-order valence-electron chi connectivity index (χ3n) is 4.27. The Morgan fingerprint density at radius 1 is 1.17 bits per heavy atom. The minimum absolute atomic E-state index is 0.285. The van der Waals surface area contributed by atoms with E-state index in [0.717, 1.165) is 35.5 Å². The summed E-state index contributed by atoms with van der Waals surface area (Å²) in [5, 5.41) is 0. The first-order valence-electron chi connectivity index (χ1n) is 7.73. The number of hydrogen-bond donors (Lipinski definition) is 0. The summed E-state index contributed by atoms with van der Waals surface area (Å²) >= 11 is 0. The summed E-state index contributed by atoms with van der Waals surface area (Å²) in [6, 6.07) is 5.84. The maximum absolute atomic E-state index is 12.3. The summed E-state index contributed by atoms with van der Waals surface area (Å²) in [6.45, 7) is 5.03. The smallest absolute Gasteiger partial charge is 0.340 e. The number of aryl methyl sites for hydroxylation is 2. The normalized spacial score (nSPS) is 12.3. The molecule has 122 valence electrons. The first kappa shape index (κ1) is 15.5. The van der Waals surface area contributed by atoms with Crippen molar-refractivity contribution < 1.29 is 19.0 Å². The van der Waals surface area contributed by atoms with Crippen molar-refractivity contribution in [1.29, 1.82) is 0 Å². The molecule has 0 saturated carbocycles.